The molecule has 0 fully saturated rings. The summed E-state index contributed by atoms with van der Waals surface area (Å²) in [7, 11) is 3.01. The zero-order valence-corrected chi connectivity index (χ0v) is 13.3. The molecular weight excluding hydrogens is 309 g/mol. The predicted octanol–water partition coefficient (Wildman–Crippen LogP) is 3.26. The highest BCUT2D eigenvalue weighted by Crippen LogP contribution is 2.41. The largest absolute Gasteiger partial charge is 0.464 e. The number of methoxy groups -OCH3 is 1. The summed E-state index contributed by atoms with van der Waals surface area (Å²) in [6, 6.07) is 9.52. The van der Waals surface area contributed by atoms with E-state index in [9.17, 15) is 9.18 Å². The monoisotopic (exact) mass is 325 g/mol. The lowest BCUT2D eigenvalue weighted by Gasteiger charge is -2.08. The molecule has 24 heavy (non-hydrogen) atoms. The molecule has 3 aromatic rings. The SMILES string of the molecule is COC(=O)c1c(-c2ccc(F)cc2)c(-c2ccncc2)c(N)n1C. The Labute approximate surface area is 138 Å². The van der Waals surface area contributed by atoms with E-state index in [1.807, 2.05) is 0 Å². The van der Waals surface area contributed by atoms with E-state index in [0.717, 1.165) is 5.56 Å². The number of halogens is 1. The van der Waals surface area contributed by atoms with Crippen molar-refractivity contribution in [1.29, 1.82) is 0 Å². The Bertz CT molecular complexity index is 887. The van der Waals surface area contributed by atoms with Gasteiger partial charge in [0.15, 0.2) is 0 Å². The van der Waals surface area contributed by atoms with E-state index >= 15 is 0 Å². The van der Waals surface area contributed by atoms with Gasteiger partial charge in [-0.3, -0.25) is 4.98 Å². The van der Waals surface area contributed by atoms with Crippen LogP contribution in [0.25, 0.3) is 22.3 Å². The maximum absolute atomic E-state index is 13.3. The van der Waals surface area contributed by atoms with Crippen LogP contribution in [0.15, 0.2) is 48.8 Å². The van der Waals surface area contributed by atoms with E-state index in [1.54, 1.807) is 48.3 Å². The molecule has 2 aromatic heterocycles. The first kappa shape index (κ1) is 15.7. The van der Waals surface area contributed by atoms with Crippen LogP contribution in [0.4, 0.5) is 10.2 Å². The van der Waals surface area contributed by atoms with Crippen LogP contribution in [0.2, 0.25) is 0 Å². The Morgan fingerprint density at radius 1 is 1.08 bits per heavy atom. The van der Waals surface area contributed by atoms with E-state index in [1.165, 1.54) is 19.2 Å². The summed E-state index contributed by atoms with van der Waals surface area (Å²) in [6.45, 7) is 0. The molecule has 2 N–H and O–H groups in total. The van der Waals surface area contributed by atoms with Crippen LogP contribution >= 0.6 is 0 Å². The van der Waals surface area contributed by atoms with E-state index in [4.69, 9.17) is 10.5 Å². The Balaban J connectivity index is 2.37. The number of nitrogens with two attached hydrogens (primary N) is 1. The van der Waals surface area contributed by atoms with Crippen molar-refractivity contribution in [3.8, 4) is 22.3 Å². The molecule has 0 aliphatic rings. The van der Waals surface area contributed by atoms with E-state index in [0.29, 0.717) is 28.2 Å². The highest BCUT2D eigenvalue weighted by Gasteiger charge is 2.26. The number of anilines is 1. The van der Waals surface area contributed by atoms with Gasteiger partial charge in [-0.2, -0.15) is 0 Å². The van der Waals surface area contributed by atoms with Crippen LogP contribution in [-0.2, 0) is 11.8 Å². The Hall–Kier alpha value is -3.15. The fourth-order valence-corrected chi connectivity index (χ4v) is 2.75. The maximum atomic E-state index is 13.3. The van der Waals surface area contributed by atoms with Gasteiger partial charge < -0.3 is 15.0 Å². The second kappa shape index (κ2) is 6.16. The third-order valence-electron chi connectivity index (χ3n) is 3.92. The minimum Gasteiger partial charge on any atom is -0.464 e. The number of ether oxygens (including phenoxy) is 1. The molecule has 122 valence electrons. The van der Waals surface area contributed by atoms with Crippen molar-refractivity contribution in [3.05, 3.63) is 60.3 Å². The van der Waals surface area contributed by atoms with Crippen molar-refractivity contribution >= 4 is 11.8 Å². The molecule has 0 amide bonds. The number of pyridine rings is 1. The van der Waals surface area contributed by atoms with Gasteiger partial charge in [0.05, 0.1) is 7.11 Å². The zero-order valence-electron chi connectivity index (χ0n) is 13.3. The number of nitrogens with zero attached hydrogens (tertiary/aromatic N) is 2. The van der Waals surface area contributed by atoms with Crippen molar-refractivity contribution in [2.24, 2.45) is 7.05 Å². The summed E-state index contributed by atoms with van der Waals surface area (Å²) in [5.41, 5.74) is 9.35. The molecule has 0 unspecified atom stereocenters. The van der Waals surface area contributed by atoms with Crippen molar-refractivity contribution in [2.45, 2.75) is 0 Å². The molecule has 5 nitrogen and oxygen atoms in total. The van der Waals surface area contributed by atoms with Gasteiger partial charge in [0.1, 0.15) is 17.3 Å². The number of aromatic nitrogens is 2. The summed E-state index contributed by atoms with van der Waals surface area (Å²) in [4.78, 5) is 16.3. The molecule has 0 bridgehead atoms. The number of benzene rings is 1. The number of esters is 1. The second-order valence-corrected chi connectivity index (χ2v) is 5.28. The number of hydrogen-bond acceptors (Lipinski definition) is 4. The molecule has 0 radical (unpaired) electrons. The third-order valence-corrected chi connectivity index (χ3v) is 3.92. The first-order valence-corrected chi connectivity index (χ1v) is 7.27. The van der Waals surface area contributed by atoms with Crippen LogP contribution < -0.4 is 5.73 Å². The summed E-state index contributed by atoms with van der Waals surface area (Å²) >= 11 is 0. The minimum absolute atomic E-state index is 0.313. The average molecular weight is 325 g/mol. The van der Waals surface area contributed by atoms with E-state index < -0.39 is 5.97 Å². The molecule has 0 saturated carbocycles. The molecule has 6 heteroatoms. The van der Waals surface area contributed by atoms with Crippen molar-refractivity contribution < 1.29 is 13.9 Å². The van der Waals surface area contributed by atoms with Gasteiger partial charge >= 0.3 is 5.97 Å². The fourth-order valence-electron chi connectivity index (χ4n) is 2.75. The minimum atomic E-state index is -0.510. The molecule has 0 aliphatic carbocycles. The summed E-state index contributed by atoms with van der Waals surface area (Å²) in [5, 5.41) is 0. The smallest absolute Gasteiger partial charge is 0.355 e. The number of carbonyl (C=O) groups is 1. The van der Waals surface area contributed by atoms with Crippen LogP contribution in [-0.4, -0.2) is 22.6 Å². The molecule has 2 heterocycles. The van der Waals surface area contributed by atoms with Gasteiger partial charge in [0, 0.05) is 30.6 Å². The van der Waals surface area contributed by atoms with Crippen molar-refractivity contribution in [3.63, 3.8) is 0 Å². The summed E-state index contributed by atoms with van der Waals surface area (Å²) in [6.07, 6.45) is 3.29. The molecule has 0 aliphatic heterocycles. The standard InChI is InChI=1S/C18H16FN3O2/c1-22-16(18(23)24-2)14(11-3-5-13(19)6-4-11)15(17(22)20)12-7-9-21-10-8-12/h3-10H,20H2,1-2H3. The number of carbonyl (C=O) groups excluding carboxylic acids is 1. The van der Waals surface area contributed by atoms with Gasteiger partial charge in [-0.25, -0.2) is 9.18 Å². The van der Waals surface area contributed by atoms with Gasteiger partial charge in [0.2, 0.25) is 0 Å². The molecule has 0 spiro atoms. The number of hydrogen-bond donors (Lipinski definition) is 1. The highest BCUT2D eigenvalue weighted by atomic mass is 19.1. The molecule has 1 aromatic carbocycles. The number of nitrogen functional groups attached to an aromatic ring is 1. The lowest BCUT2D eigenvalue weighted by molar-refractivity contribution is 0.0591. The molecular formula is C18H16FN3O2. The first-order chi connectivity index (χ1) is 11.5. The Morgan fingerprint density at radius 2 is 1.67 bits per heavy atom. The fraction of sp³-hybridized carbons (Fsp3) is 0.111. The quantitative estimate of drug-likeness (QED) is 0.750. The first-order valence-electron chi connectivity index (χ1n) is 7.27. The Morgan fingerprint density at radius 3 is 2.25 bits per heavy atom. The van der Waals surface area contributed by atoms with Crippen molar-refractivity contribution in [1.82, 2.24) is 9.55 Å². The second-order valence-electron chi connectivity index (χ2n) is 5.28. The highest BCUT2D eigenvalue weighted by molar-refractivity contribution is 6.05. The van der Waals surface area contributed by atoms with Gasteiger partial charge in [0.25, 0.3) is 0 Å². The zero-order chi connectivity index (χ0) is 17.3. The van der Waals surface area contributed by atoms with Crippen LogP contribution in [0.1, 0.15) is 10.5 Å². The summed E-state index contributed by atoms with van der Waals surface area (Å²) < 4.78 is 19.8. The van der Waals surface area contributed by atoms with Crippen LogP contribution in [0, 0.1) is 5.82 Å². The van der Waals surface area contributed by atoms with E-state index in [2.05, 4.69) is 4.98 Å². The normalized spacial score (nSPS) is 10.6. The van der Waals surface area contributed by atoms with E-state index in [-0.39, 0.29) is 5.82 Å². The molecule has 0 saturated heterocycles. The average Bonchev–Trinajstić information content (AvgIpc) is 2.87. The molecule has 3 rings (SSSR count). The van der Waals surface area contributed by atoms with Crippen LogP contribution in [0.3, 0.4) is 0 Å². The van der Waals surface area contributed by atoms with Gasteiger partial charge in [-0.1, -0.05) is 12.1 Å². The topological polar surface area (TPSA) is 70.1 Å². The van der Waals surface area contributed by atoms with Gasteiger partial charge in [-0.15, -0.1) is 0 Å². The maximum Gasteiger partial charge on any atom is 0.355 e. The van der Waals surface area contributed by atoms with Gasteiger partial charge in [-0.05, 0) is 35.4 Å². The number of rotatable bonds is 3. The Kier molecular flexibility index (Phi) is 4.04. The lowest BCUT2D eigenvalue weighted by Crippen LogP contribution is -2.10. The molecule has 0 atom stereocenters. The summed E-state index contributed by atoms with van der Waals surface area (Å²) in [5.74, 6) is -0.447. The lowest BCUT2D eigenvalue weighted by atomic mass is 9.96. The van der Waals surface area contributed by atoms with Crippen molar-refractivity contribution in [2.75, 3.05) is 12.8 Å². The van der Waals surface area contributed by atoms with Crippen LogP contribution in [0.5, 0.6) is 0 Å². The third kappa shape index (κ3) is 2.52. The predicted molar refractivity (Wildman–Crippen MR) is 89.8 cm³/mol.